The van der Waals surface area contributed by atoms with E-state index in [0.717, 1.165) is 0 Å². The molecule has 1 heterocycles. The first kappa shape index (κ1) is 20.2. The monoisotopic (exact) mass is 399 g/mol. The van der Waals surface area contributed by atoms with Crippen LogP contribution in [0.5, 0.6) is 11.5 Å². The predicted molar refractivity (Wildman–Crippen MR) is 108 cm³/mol. The maximum absolute atomic E-state index is 13.1. The molecule has 0 unspecified atom stereocenters. The Labute approximate surface area is 167 Å². The van der Waals surface area contributed by atoms with Gasteiger partial charge in [-0.1, -0.05) is 0 Å². The summed E-state index contributed by atoms with van der Waals surface area (Å²) < 4.78 is 24.9. The molecule has 0 aliphatic heterocycles. The molecule has 0 fully saturated rings. The second-order valence-electron chi connectivity index (χ2n) is 6.45. The van der Waals surface area contributed by atoms with Gasteiger partial charge in [0.05, 0.1) is 19.9 Å². The third kappa shape index (κ3) is 4.48. The van der Waals surface area contributed by atoms with Gasteiger partial charge in [0, 0.05) is 29.4 Å². The summed E-state index contributed by atoms with van der Waals surface area (Å²) >= 11 is 0. The Balaban J connectivity index is 1.69. The van der Waals surface area contributed by atoms with Crippen molar-refractivity contribution < 1.29 is 18.7 Å². The highest BCUT2D eigenvalue weighted by molar-refractivity contribution is 5.91. The molecule has 152 valence electrons. The topological polar surface area (TPSA) is 85.4 Å². The van der Waals surface area contributed by atoms with E-state index in [2.05, 4.69) is 10.4 Å². The average molecular weight is 399 g/mol. The van der Waals surface area contributed by atoms with E-state index in [0.29, 0.717) is 34.1 Å². The summed E-state index contributed by atoms with van der Waals surface area (Å²) in [5.74, 6) is 0.464. The van der Waals surface area contributed by atoms with Crippen LogP contribution in [0.15, 0.2) is 47.3 Å². The predicted octanol–water partition coefficient (Wildman–Crippen LogP) is 3.20. The molecule has 7 nitrogen and oxygen atoms in total. The summed E-state index contributed by atoms with van der Waals surface area (Å²) in [6, 6.07) is 10.7. The number of nitrogens with zero attached hydrogens (tertiary/aromatic N) is 1. The number of carbonyl (C=O) groups is 1. The van der Waals surface area contributed by atoms with Crippen LogP contribution in [-0.2, 0) is 11.2 Å². The standard InChI is InChI=1S/C21H22FN3O4/c1-13-17(21(27)25(24-13)16-7-4-14(22)5-8-16)9-11-20(26)23-15-6-10-18(28-2)19(12-15)29-3/h4-8,10,12,24H,9,11H2,1-3H3,(H,23,26). The summed E-state index contributed by atoms with van der Waals surface area (Å²) in [6.07, 6.45) is 0.403. The Bertz CT molecular complexity index is 1070. The summed E-state index contributed by atoms with van der Waals surface area (Å²) in [6.45, 7) is 1.77. The Morgan fingerprint density at radius 1 is 1.10 bits per heavy atom. The molecule has 3 rings (SSSR count). The van der Waals surface area contributed by atoms with E-state index in [-0.39, 0.29) is 30.1 Å². The van der Waals surface area contributed by atoms with Gasteiger partial charge in [-0.05, 0) is 49.7 Å². The van der Waals surface area contributed by atoms with Gasteiger partial charge in [0.1, 0.15) is 5.82 Å². The van der Waals surface area contributed by atoms with Gasteiger partial charge in [0.2, 0.25) is 5.91 Å². The highest BCUT2D eigenvalue weighted by Gasteiger charge is 2.15. The molecule has 2 aromatic carbocycles. The number of anilines is 1. The molecule has 0 aliphatic rings. The van der Waals surface area contributed by atoms with E-state index in [1.807, 2.05) is 0 Å². The third-order valence-electron chi connectivity index (χ3n) is 4.55. The Hall–Kier alpha value is -3.55. The van der Waals surface area contributed by atoms with E-state index in [9.17, 15) is 14.0 Å². The average Bonchev–Trinajstić information content (AvgIpc) is 3.00. The van der Waals surface area contributed by atoms with Gasteiger partial charge in [0.25, 0.3) is 5.56 Å². The fraction of sp³-hybridized carbons (Fsp3) is 0.238. The normalized spacial score (nSPS) is 10.6. The van der Waals surface area contributed by atoms with Crippen LogP contribution in [-0.4, -0.2) is 29.9 Å². The van der Waals surface area contributed by atoms with E-state index in [1.165, 1.54) is 43.2 Å². The van der Waals surface area contributed by atoms with Gasteiger partial charge in [-0.2, -0.15) is 0 Å². The van der Waals surface area contributed by atoms with Crippen molar-refractivity contribution >= 4 is 11.6 Å². The molecule has 2 N–H and O–H groups in total. The van der Waals surface area contributed by atoms with Crippen molar-refractivity contribution in [2.24, 2.45) is 0 Å². The second kappa shape index (κ2) is 8.64. The third-order valence-corrected chi connectivity index (χ3v) is 4.55. The van der Waals surface area contributed by atoms with Gasteiger partial charge in [-0.3, -0.25) is 14.7 Å². The summed E-state index contributed by atoms with van der Waals surface area (Å²) in [5.41, 5.74) is 2.02. The van der Waals surface area contributed by atoms with Gasteiger partial charge >= 0.3 is 0 Å². The zero-order valence-electron chi connectivity index (χ0n) is 16.4. The van der Waals surface area contributed by atoms with Crippen molar-refractivity contribution in [1.82, 2.24) is 9.78 Å². The molecule has 29 heavy (non-hydrogen) atoms. The lowest BCUT2D eigenvalue weighted by Crippen LogP contribution is -2.19. The fourth-order valence-corrected chi connectivity index (χ4v) is 3.02. The molecule has 0 saturated carbocycles. The molecule has 0 bridgehead atoms. The molecule has 0 saturated heterocycles. The minimum Gasteiger partial charge on any atom is -0.493 e. The highest BCUT2D eigenvalue weighted by atomic mass is 19.1. The van der Waals surface area contributed by atoms with Crippen molar-refractivity contribution in [1.29, 1.82) is 0 Å². The van der Waals surface area contributed by atoms with E-state index >= 15 is 0 Å². The number of hydrogen-bond donors (Lipinski definition) is 2. The number of aryl methyl sites for hydroxylation is 1. The molecule has 0 atom stereocenters. The lowest BCUT2D eigenvalue weighted by molar-refractivity contribution is -0.116. The molecule has 1 aromatic heterocycles. The summed E-state index contributed by atoms with van der Waals surface area (Å²) in [4.78, 5) is 25.0. The zero-order valence-corrected chi connectivity index (χ0v) is 16.4. The number of carbonyl (C=O) groups excluding carboxylic acids is 1. The van der Waals surface area contributed by atoms with Gasteiger partial charge in [-0.15, -0.1) is 0 Å². The molecule has 0 aliphatic carbocycles. The van der Waals surface area contributed by atoms with Crippen LogP contribution < -0.4 is 20.3 Å². The molecule has 8 heteroatoms. The second-order valence-corrected chi connectivity index (χ2v) is 6.45. The molecule has 3 aromatic rings. The van der Waals surface area contributed by atoms with Gasteiger partial charge < -0.3 is 14.8 Å². The maximum Gasteiger partial charge on any atom is 0.274 e. The molecule has 0 spiro atoms. The molecule has 1 amide bonds. The van der Waals surface area contributed by atoms with Gasteiger partial charge in [-0.25, -0.2) is 9.07 Å². The largest absolute Gasteiger partial charge is 0.493 e. The van der Waals surface area contributed by atoms with Crippen molar-refractivity contribution in [2.45, 2.75) is 19.8 Å². The minimum atomic E-state index is -0.378. The van der Waals surface area contributed by atoms with Crippen LogP contribution in [0.4, 0.5) is 10.1 Å². The number of halogens is 1. The first-order chi connectivity index (χ1) is 13.9. The highest BCUT2D eigenvalue weighted by Crippen LogP contribution is 2.29. The summed E-state index contributed by atoms with van der Waals surface area (Å²) in [5, 5.41) is 5.76. The SMILES string of the molecule is COc1ccc(NC(=O)CCc2c(C)[nH]n(-c3ccc(F)cc3)c2=O)cc1OC. The van der Waals surface area contributed by atoms with Crippen LogP contribution in [0.3, 0.4) is 0 Å². The van der Waals surface area contributed by atoms with Crippen molar-refractivity contribution in [3.63, 3.8) is 0 Å². The van der Waals surface area contributed by atoms with Crippen molar-refractivity contribution in [2.75, 3.05) is 19.5 Å². The number of H-pyrrole nitrogens is 1. The number of hydrogen-bond acceptors (Lipinski definition) is 4. The van der Waals surface area contributed by atoms with Crippen LogP contribution in [0.1, 0.15) is 17.7 Å². The van der Waals surface area contributed by atoms with Crippen molar-refractivity contribution in [3.05, 3.63) is 69.9 Å². The van der Waals surface area contributed by atoms with Crippen LogP contribution in [0.25, 0.3) is 5.69 Å². The molecular weight excluding hydrogens is 377 g/mol. The fourth-order valence-electron chi connectivity index (χ4n) is 3.02. The maximum atomic E-state index is 13.1. The van der Waals surface area contributed by atoms with E-state index in [1.54, 1.807) is 25.1 Å². The first-order valence-electron chi connectivity index (χ1n) is 9.01. The van der Waals surface area contributed by atoms with Crippen LogP contribution in [0, 0.1) is 12.7 Å². The lowest BCUT2D eigenvalue weighted by atomic mass is 10.1. The van der Waals surface area contributed by atoms with Crippen LogP contribution >= 0.6 is 0 Å². The van der Waals surface area contributed by atoms with Gasteiger partial charge in [0.15, 0.2) is 11.5 Å². The van der Waals surface area contributed by atoms with Crippen molar-refractivity contribution in [3.8, 4) is 17.2 Å². The first-order valence-corrected chi connectivity index (χ1v) is 9.01. The lowest BCUT2D eigenvalue weighted by Gasteiger charge is -2.10. The number of amides is 1. The number of nitrogens with one attached hydrogen (secondary N) is 2. The number of aromatic nitrogens is 2. The Morgan fingerprint density at radius 3 is 2.45 bits per heavy atom. The Morgan fingerprint density at radius 2 is 1.79 bits per heavy atom. The summed E-state index contributed by atoms with van der Waals surface area (Å²) in [7, 11) is 3.05. The molecular formula is C21H22FN3O4. The van der Waals surface area contributed by atoms with E-state index in [4.69, 9.17) is 9.47 Å². The van der Waals surface area contributed by atoms with Crippen LogP contribution in [0.2, 0.25) is 0 Å². The Kier molecular flexibility index (Phi) is 6.01. The molecule has 0 radical (unpaired) electrons. The number of ether oxygens (including phenoxy) is 2. The van der Waals surface area contributed by atoms with E-state index < -0.39 is 0 Å². The smallest absolute Gasteiger partial charge is 0.274 e. The quantitative estimate of drug-likeness (QED) is 0.639. The number of methoxy groups -OCH3 is 2. The number of aromatic amines is 1. The number of rotatable bonds is 7. The minimum absolute atomic E-state index is 0.131. The number of benzene rings is 2. The zero-order chi connectivity index (χ0) is 21.0.